The van der Waals surface area contributed by atoms with Gasteiger partial charge in [0.2, 0.25) is 5.95 Å². The smallest absolute Gasteiger partial charge is 0.347 e. The minimum Gasteiger partial charge on any atom is -0.347 e. The molecule has 0 aliphatic rings. The number of hydrogen-bond acceptors (Lipinski definition) is 3. The van der Waals surface area contributed by atoms with E-state index in [1.165, 1.54) is 11.9 Å². The molecule has 0 amide bonds. The van der Waals surface area contributed by atoms with Crippen LogP contribution in [0.5, 0.6) is 0 Å². The van der Waals surface area contributed by atoms with Crippen LogP contribution >= 0.6 is 0 Å². The molecule has 13 heavy (non-hydrogen) atoms. The van der Waals surface area contributed by atoms with E-state index in [0.29, 0.717) is 0 Å². The summed E-state index contributed by atoms with van der Waals surface area (Å²) in [5, 5.41) is 3.24. The minimum absolute atomic E-state index is 0.173. The molecule has 1 aromatic rings. The van der Waals surface area contributed by atoms with E-state index in [1.54, 1.807) is 14.1 Å². The normalized spacial score (nSPS) is 11.8. The fourth-order valence-corrected chi connectivity index (χ4v) is 0.886. The van der Waals surface area contributed by atoms with Gasteiger partial charge in [-0.1, -0.05) is 0 Å². The number of alkyl halides is 3. The second-order valence-electron chi connectivity index (χ2n) is 2.75. The van der Waals surface area contributed by atoms with E-state index >= 15 is 0 Å². The van der Waals surface area contributed by atoms with Gasteiger partial charge in [-0.2, -0.15) is 18.2 Å². The molecule has 0 saturated heterocycles. The topological polar surface area (TPSA) is 34.0 Å². The summed E-state index contributed by atoms with van der Waals surface area (Å²) in [5.74, 6) is -0.939. The lowest BCUT2D eigenvalue weighted by molar-refractivity contribution is -0.144. The van der Waals surface area contributed by atoms with Gasteiger partial charge in [0.1, 0.15) is 0 Å². The lowest BCUT2D eigenvalue weighted by Gasteiger charge is -2.08. The first-order valence-corrected chi connectivity index (χ1v) is 3.48. The molecule has 4 nitrogen and oxygen atoms in total. The summed E-state index contributed by atoms with van der Waals surface area (Å²) in [6.07, 6.45) is -4.48. The van der Waals surface area contributed by atoms with Gasteiger partial charge in [0.15, 0.2) is 0 Å². The zero-order chi connectivity index (χ0) is 10.2. The summed E-state index contributed by atoms with van der Waals surface area (Å²) in [4.78, 5) is 4.79. The Bertz CT molecular complexity index is 301. The number of nitrogens with zero attached hydrogens (tertiary/aromatic N) is 4. The van der Waals surface area contributed by atoms with Crippen molar-refractivity contribution in [1.82, 2.24) is 14.8 Å². The standard InChI is InChI=1S/C6H9F3N4/c1-12(2)5-10-4(6(7,8)9)11-13(5)3/h1-3H3. The van der Waals surface area contributed by atoms with Crippen molar-refractivity contribution in [2.24, 2.45) is 7.05 Å². The minimum atomic E-state index is -4.48. The molecule has 1 heterocycles. The first kappa shape index (κ1) is 9.82. The summed E-state index contributed by atoms with van der Waals surface area (Å²) in [5.41, 5.74) is 0. The van der Waals surface area contributed by atoms with Gasteiger partial charge in [0, 0.05) is 21.1 Å². The summed E-state index contributed by atoms with van der Waals surface area (Å²) in [7, 11) is 4.62. The van der Waals surface area contributed by atoms with Crippen molar-refractivity contribution in [2.75, 3.05) is 19.0 Å². The average molecular weight is 194 g/mol. The van der Waals surface area contributed by atoms with Gasteiger partial charge in [-0.3, -0.25) is 0 Å². The number of aryl methyl sites for hydroxylation is 1. The number of aromatic nitrogens is 3. The highest BCUT2D eigenvalue weighted by atomic mass is 19.4. The van der Waals surface area contributed by atoms with Crippen molar-refractivity contribution in [3.05, 3.63) is 5.82 Å². The van der Waals surface area contributed by atoms with Crippen LogP contribution in [-0.4, -0.2) is 28.9 Å². The Morgan fingerprint density at radius 3 is 2.08 bits per heavy atom. The van der Waals surface area contributed by atoms with Crippen LogP contribution in [0.25, 0.3) is 0 Å². The summed E-state index contributed by atoms with van der Waals surface area (Å²) in [6.45, 7) is 0. The van der Waals surface area contributed by atoms with Crippen LogP contribution in [0.3, 0.4) is 0 Å². The van der Waals surface area contributed by atoms with Crippen molar-refractivity contribution < 1.29 is 13.2 Å². The SMILES string of the molecule is CN(C)c1nc(C(F)(F)F)nn1C. The maximum absolute atomic E-state index is 12.1. The van der Waals surface area contributed by atoms with Crippen molar-refractivity contribution in [3.8, 4) is 0 Å². The first-order valence-electron chi connectivity index (χ1n) is 3.48. The Balaban J connectivity index is 3.10. The molecule has 0 radical (unpaired) electrons. The first-order chi connectivity index (χ1) is 5.82. The zero-order valence-corrected chi connectivity index (χ0v) is 7.42. The molecule has 0 aliphatic carbocycles. The molecule has 0 aromatic carbocycles. The number of halogens is 3. The van der Waals surface area contributed by atoms with E-state index in [2.05, 4.69) is 10.1 Å². The van der Waals surface area contributed by atoms with Gasteiger partial charge >= 0.3 is 6.18 Å². The van der Waals surface area contributed by atoms with E-state index in [0.717, 1.165) is 4.68 Å². The molecule has 0 aliphatic heterocycles. The molecular formula is C6H9F3N4. The van der Waals surface area contributed by atoms with Crippen LogP contribution in [0.15, 0.2) is 0 Å². The zero-order valence-electron chi connectivity index (χ0n) is 7.42. The lowest BCUT2D eigenvalue weighted by Crippen LogP contribution is -2.14. The molecule has 0 fully saturated rings. The van der Waals surface area contributed by atoms with Gasteiger partial charge in [-0.25, -0.2) is 4.68 Å². The summed E-state index contributed by atoms with van der Waals surface area (Å²) >= 11 is 0. The third kappa shape index (κ3) is 1.90. The summed E-state index contributed by atoms with van der Waals surface area (Å²) in [6, 6.07) is 0. The second-order valence-corrected chi connectivity index (χ2v) is 2.75. The second kappa shape index (κ2) is 2.90. The third-order valence-corrected chi connectivity index (χ3v) is 1.39. The Hall–Kier alpha value is -1.27. The molecule has 0 bridgehead atoms. The highest BCUT2D eigenvalue weighted by Gasteiger charge is 2.36. The van der Waals surface area contributed by atoms with Gasteiger partial charge in [-0.15, -0.1) is 5.10 Å². The number of anilines is 1. The van der Waals surface area contributed by atoms with Crippen LogP contribution in [0, 0.1) is 0 Å². The van der Waals surface area contributed by atoms with Crippen molar-refractivity contribution in [3.63, 3.8) is 0 Å². The monoisotopic (exact) mass is 194 g/mol. The maximum atomic E-state index is 12.1. The fraction of sp³-hybridized carbons (Fsp3) is 0.667. The highest BCUT2D eigenvalue weighted by Crippen LogP contribution is 2.27. The van der Waals surface area contributed by atoms with Gasteiger partial charge in [0.05, 0.1) is 0 Å². The maximum Gasteiger partial charge on any atom is 0.453 e. The quantitative estimate of drug-likeness (QED) is 0.666. The molecule has 0 N–H and O–H groups in total. The Labute approximate surface area is 73.0 Å². The molecule has 0 saturated carbocycles. The third-order valence-electron chi connectivity index (χ3n) is 1.39. The van der Waals surface area contributed by atoms with Crippen LogP contribution in [0.1, 0.15) is 5.82 Å². The van der Waals surface area contributed by atoms with Crippen LogP contribution in [0.2, 0.25) is 0 Å². The number of rotatable bonds is 1. The Morgan fingerprint density at radius 2 is 1.85 bits per heavy atom. The Kier molecular flexibility index (Phi) is 2.19. The molecule has 1 aromatic heterocycles. The molecule has 1 rings (SSSR count). The van der Waals surface area contributed by atoms with Crippen LogP contribution in [-0.2, 0) is 13.2 Å². The van der Waals surface area contributed by atoms with Gasteiger partial charge < -0.3 is 4.90 Å². The molecule has 0 atom stereocenters. The largest absolute Gasteiger partial charge is 0.453 e. The van der Waals surface area contributed by atoms with Crippen molar-refractivity contribution >= 4 is 5.95 Å². The van der Waals surface area contributed by atoms with E-state index < -0.39 is 12.0 Å². The van der Waals surface area contributed by atoms with E-state index in [1.807, 2.05) is 0 Å². The number of hydrogen-bond donors (Lipinski definition) is 0. The van der Waals surface area contributed by atoms with E-state index in [9.17, 15) is 13.2 Å². The molecule has 0 spiro atoms. The van der Waals surface area contributed by atoms with Gasteiger partial charge in [-0.05, 0) is 0 Å². The predicted molar refractivity (Wildman–Crippen MR) is 40.3 cm³/mol. The van der Waals surface area contributed by atoms with E-state index in [-0.39, 0.29) is 5.95 Å². The predicted octanol–water partition coefficient (Wildman–Crippen LogP) is 0.900. The fourth-order valence-electron chi connectivity index (χ4n) is 0.886. The molecule has 74 valence electrons. The van der Waals surface area contributed by atoms with Gasteiger partial charge in [0.25, 0.3) is 5.82 Å². The highest BCUT2D eigenvalue weighted by molar-refractivity contribution is 5.27. The Morgan fingerprint density at radius 1 is 1.31 bits per heavy atom. The van der Waals surface area contributed by atoms with Crippen LogP contribution in [0.4, 0.5) is 19.1 Å². The average Bonchev–Trinajstić information content (AvgIpc) is 2.29. The van der Waals surface area contributed by atoms with Crippen molar-refractivity contribution in [2.45, 2.75) is 6.18 Å². The molecular weight excluding hydrogens is 185 g/mol. The summed E-state index contributed by atoms with van der Waals surface area (Å²) < 4.78 is 37.3. The van der Waals surface area contributed by atoms with Crippen molar-refractivity contribution in [1.29, 1.82) is 0 Å². The molecule has 0 unspecified atom stereocenters. The van der Waals surface area contributed by atoms with Crippen LogP contribution < -0.4 is 4.90 Å². The van der Waals surface area contributed by atoms with E-state index in [4.69, 9.17) is 0 Å². The molecule has 7 heteroatoms. The lowest BCUT2D eigenvalue weighted by atomic mass is 10.6.